The number of fused-ring (bicyclic) bond motifs is 1. The summed E-state index contributed by atoms with van der Waals surface area (Å²) in [5.74, 6) is 5.48. The Balaban J connectivity index is 0.973. The molecule has 7 aromatic carbocycles. The van der Waals surface area contributed by atoms with Gasteiger partial charge in [0.1, 0.15) is 0 Å². The van der Waals surface area contributed by atoms with Crippen molar-refractivity contribution in [2.45, 2.75) is 24.7 Å². The molecular formula is C54H39N5. The molecule has 12 rings (SSSR count). The van der Waals surface area contributed by atoms with E-state index in [9.17, 15) is 0 Å². The van der Waals surface area contributed by atoms with Gasteiger partial charge in [-0.25, -0.2) is 24.9 Å². The first-order valence-electron chi connectivity index (χ1n) is 20.7. The summed E-state index contributed by atoms with van der Waals surface area (Å²) in [5, 5.41) is 2.23. The van der Waals surface area contributed by atoms with E-state index in [1.165, 1.54) is 24.8 Å². The molecule has 2 aromatic heterocycles. The molecule has 0 amide bonds. The van der Waals surface area contributed by atoms with Crippen LogP contribution in [-0.2, 0) is 5.41 Å². The van der Waals surface area contributed by atoms with Crippen LogP contribution in [0.3, 0.4) is 0 Å². The Morgan fingerprint density at radius 1 is 0.373 bits per heavy atom. The molecule has 3 fully saturated rings. The first-order chi connectivity index (χ1) is 29.1. The molecule has 5 nitrogen and oxygen atoms in total. The number of rotatable bonds is 8. The van der Waals surface area contributed by atoms with E-state index < -0.39 is 0 Å². The number of hydrogen-bond donors (Lipinski definition) is 0. The topological polar surface area (TPSA) is 64.5 Å². The predicted octanol–water partition coefficient (Wildman–Crippen LogP) is 12.8. The Kier molecular flexibility index (Phi) is 7.77. The van der Waals surface area contributed by atoms with Crippen LogP contribution in [0.15, 0.2) is 182 Å². The molecule has 5 heteroatoms. The molecule has 2 atom stereocenters. The van der Waals surface area contributed by atoms with Crippen molar-refractivity contribution in [3.05, 3.63) is 188 Å². The van der Waals surface area contributed by atoms with Crippen LogP contribution >= 0.6 is 0 Å². The SMILES string of the molecule is c1ccc(-c2cc(-c3ccc(C45CC6CC(C4)C65)cc3)nc(-c3cc(-c4cccc(-c5nc(-c6ccccc6)nc(-c6ccccc6)n5)c4)cc4ccccc34)n2)cc1. The molecule has 3 aliphatic carbocycles. The molecule has 3 aliphatic rings. The van der Waals surface area contributed by atoms with Crippen LogP contribution in [0.25, 0.3) is 90.0 Å². The maximum Gasteiger partial charge on any atom is 0.164 e. The van der Waals surface area contributed by atoms with Gasteiger partial charge in [-0.15, -0.1) is 0 Å². The minimum atomic E-state index is 0.437. The average Bonchev–Trinajstić information content (AvgIpc) is 3.31. The van der Waals surface area contributed by atoms with Gasteiger partial charge in [0.2, 0.25) is 0 Å². The van der Waals surface area contributed by atoms with Crippen molar-refractivity contribution in [1.29, 1.82) is 0 Å². The van der Waals surface area contributed by atoms with Gasteiger partial charge in [0.15, 0.2) is 23.3 Å². The second kappa shape index (κ2) is 13.5. The molecule has 2 unspecified atom stereocenters. The second-order valence-corrected chi connectivity index (χ2v) is 16.6. The Morgan fingerprint density at radius 3 is 1.51 bits per heavy atom. The molecule has 0 N–H and O–H groups in total. The average molecular weight is 758 g/mol. The molecule has 2 heterocycles. The lowest BCUT2D eigenvalue weighted by Crippen LogP contribution is -2.71. The van der Waals surface area contributed by atoms with Gasteiger partial charge >= 0.3 is 0 Å². The van der Waals surface area contributed by atoms with E-state index in [1.807, 2.05) is 60.7 Å². The van der Waals surface area contributed by atoms with E-state index in [4.69, 9.17) is 24.9 Å². The fraction of sp³-hybridized carbons (Fsp3) is 0.130. The summed E-state index contributed by atoms with van der Waals surface area (Å²) < 4.78 is 0. The lowest BCUT2D eigenvalue weighted by Gasteiger charge is -2.76. The highest BCUT2D eigenvalue weighted by Crippen LogP contribution is 2.77. The van der Waals surface area contributed by atoms with Crippen molar-refractivity contribution in [3.63, 3.8) is 0 Å². The van der Waals surface area contributed by atoms with Crippen LogP contribution in [0, 0.1) is 17.8 Å². The summed E-state index contributed by atoms with van der Waals surface area (Å²) in [6.07, 6.45) is 4.20. The third-order valence-electron chi connectivity index (χ3n) is 13.3. The lowest BCUT2D eigenvalue weighted by atomic mass is 9.28. The van der Waals surface area contributed by atoms with E-state index in [2.05, 4.69) is 121 Å². The van der Waals surface area contributed by atoms with Crippen LogP contribution in [0.2, 0.25) is 0 Å². The second-order valence-electron chi connectivity index (χ2n) is 16.6. The monoisotopic (exact) mass is 757 g/mol. The number of aromatic nitrogens is 5. The third-order valence-corrected chi connectivity index (χ3v) is 13.3. The van der Waals surface area contributed by atoms with E-state index in [0.717, 1.165) is 84.4 Å². The van der Waals surface area contributed by atoms with E-state index in [0.29, 0.717) is 28.7 Å². The zero-order chi connectivity index (χ0) is 38.9. The van der Waals surface area contributed by atoms with Gasteiger partial charge in [0.05, 0.1) is 11.4 Å². The van der Waals surface area contributed by atoms with Gasteiger partial charge < -0.3 is 0 Å². The van der Waals surface area contributed by atoms with Crippen molar-refractivity contribution in [2.24, 2.45) is 17.8 Å². The number of hydrogen-bond acceptors (Lipinski definition) is 5. The molecule has 3 saturated carbocycles. The van der Waals surface area contributed by atoms with Crippen molar-refractivity contribution in [1.82, 2.24) is 24.9 Å². The summed E-state index contributed by atoms with van der Waals surface area (Å²) in [7, 11) is 0. The van der Waals surface area contributed by atoms with Gasteiger partial charge in [-0.05, 0) is 94.2 Å². The predicted molar refractivity (Wildman–Crippen MR) is 237 cm³/mol. The highest BCUT2D eigenvalue weighted by Gasteiger charge is 2.71. The van der Waals surface area contributed by atoms with Crippen molar-refractivity contribution < 1.29 is 0 Å². The maximum atomic E-state index is 5.36. The van der Waals surface area contributed by atoms with E-state index in [1.54, 1.807) is 0 Å². The molecule has 59 heavy (non-hydrogen) atoms. The Morgan fingerprint density at radius 2 is 0.898 bits per heavy atom. The molecule has 280 valence electrons. The van der Waals surface area contributed by atoms with Crippen molar-refractivity contribution >= 4 is 10.8 Å². The van der Waals surface area contributed by atoms with Gasteiger partial charge in [0.25, 0.3) is 0 Å². The Bertz CT molecular complexity index is 2970. The molecule has 0 radical (unpaired) electrons. The van der Waals surface area contributed by atoms with Crippen LogP contribution in [0.1, 0.15) is 24.8 Å². The summed E-state index contributed by atoms with van der Waals surface area (Å²) in [6.45, 7) is 0. The Labute approximate surface area is 343 Å². The fourth-order valence-corrected chi connectivity index (χ4v) is 10.5. The van der Waals surface area contributed by atoms with Gasteiger partial charge in [-0.3, -0.25) is 0 Å². The van der Waals surface area contributed by atoms with E-state index >= 15 is 0 Å². The minimum Gasteiger partial charge on any atom is -0.228 e. The van der Waals surface area contributed by atoms with Gasteiger partial charge in [-0.2, -0.15) is 0 Å². The largest absolute Gasteiger partial charge is 0.228 e. The first-order valence-corrected chi connectivity index (χ1v) is 20.7. The molecular weight excluding hydrogens is 719 g/mol. The van der Waals surface area contributed by atoms with Gasteiger partial charge in [0, 0.05) is 33.4 Å². The van der Waals surface area contributed by atoms with Crippen LogP contribution in [0.4, 0.5) is 0 Å². The summed E-state index contributed by atoms with van der Waals surface area (Å²) in [5.41, 5.74) is 11.9. The Hall–Kier alpha value is -7.11. The zero-order valence-corrected chi connectivity index (χ0v) is 32.4. The molecule has 0 bridgehead atoms. The fourth-order valence-electron chi connectivity index (χ4n) is 10.5. The molecule has 9 aromatic rings. The lowest BCUT2D eigenvalue weighted by molar-refractivity contribution is -0.219. The van der Waals surface area contributed by atoms with Gasteiger partial charge in [-0.1, -0.05) is 158 Å². The number of benzene rings is 7. The highest BCUT2D eigenvalue weighted by atomic mass is 15.0. The summed E-state index contributed by atoms with van der Waals surface area (Å²) >= 11 is 0. The smallest absolute Gasteiger partial charge is 0.164 e. The van der Waals surface area contributed by atoms with Crippen LogP contribution in [-0.4, -0.2) is 24.9 Å². The summed E-state index contributed by atoms with van der Waals surface area (Å²) in [4.78, 5) is 25.6. The number of nitrogens with zero attached hydrogens (tertiary/aromatic N) is 5. The first kappa shape index (κ1) is 34.0. The molecule has 0 spiro atoms. The molecule has 0 saturated heterocycles. The zero-order valence-electron chi connectivity index (χ0n) is 32.4. The third kappa shape index (κ3) is 5.72. The summed E-state index contributed by atoms with van der Waals surface area (Å²) in [6, 6.07) is 63.7. The normalized spacial score (nSPS) is 19.9. The van der Waals surface area contributed by atoms with Crippen LogP contribution in [0.5, 0.6) is 0 Å². The van der Waals surface area contributed by atoms with Crippen molar-refractivity contribution in [3.8, 4) is 79.2 Å². The maximum absolute atomic E-state index is 5.36. The standard InChI is InChI=1S/C54H39N5/c1-4-13-34(14-5-1)47-31-48(35-23-25-44(26-24-35)54-32-42-29-43(33-54)49(42)54)56-53(55-47)46-30-41(28-39-19-10-11-22-45(39)46)38-20-12-21-40(27-38)52-58-50(36-15-6-2-7-16-36)57-51(59-52)37-17-8-3-9-18-37/h1-28,30-31,42-43,49H,29,32-33H2. The van der Waals surface area contributed by atoms with Crippen molar-refractivity contribution in [2.75, 3.05) is 0 Å². The van der Waals surface area contributed by atoms with Crippen LogP contribution < -0.4 is 0 Å². The highest BCUT2D eigenvalue weighted by molar-refractivity contribution is 5.99. The molecule has 0 aliphatic heterocycles. The van der Waals surface area contributed by atoms with E-state index in [-0.39, 0.29) is 0 Å². The minimum absolute atomic E-state index is 0.437. The quantitative estimate of drug-likeness (QED) is 0.154.